The van der Waals surface area contributed by atoms with Gasteiger partial charge in [-0.05, 0) is 26.1 Å². The average molecular weight is 288 g/mol. The first-order valence-corrected chi connectivity index (χ1v) is 7.64. The predicted octanol–water partition coefficient (Wildman–Crippen LogP) is 1.03. The molecule has 0 atom stereocenters. The molecule has 0 spiro atoms. The van der Waals surface area contributed by atoms with Crippen molar-refractivity contribution in [2.24, 2.45) is 0 Å². The normalized spacial score (nSPS) is 17.4. The first-order valence-electron chi connectivity index (χ1n) is 7.64. The number of H-pyrrole nitrogens is 1. The van der Waals surface area contributed by atoms with Gasteiger partial charge in [0.1, 0.15) is 17.8 Å². The van der Waals surface area contributed by atoms with E-state index < -0.39 is 0 Å². The van der Waals surface area contributed by atoms with Crippen LogP contribution in [0.4, 0.5) is 5.82 Å². The Morgan fingerprint density at radius 3 is 2.86 bits per heavy atom. The molecule has 3 rings (SSSR count). The molecule has 6 nitrogen and oxygen atoms in total. The molecule has 1 fully saturated rings. The Morgan fingerprint density at radius 2 is 2.05 bits per heavy atom. The highest BCUT2D eigenvalue weighted by Crippen LogP contribution is 2.20. The van der Waals surface area contributed by atoms with Crippen molar-refractivity contribution in [2.45, 2.75) is 6.42 Å². The maximum absolute atomic E-state index is 4.43. The zero-order valence-electron chi connectivity index (χ0n) is 12.9. The lowest BCUT2D eigenvalue weighted by Crippen LogP contribution is -2.45. The lowest BCUT2D eigenvalue weighted by molar-refractivity contribution is 0.153. The molecule has 0 aliphatic carbocycles. The van der Waals surface area contributed by atoms with Gasteiger partial charge in [-0.1, -0.05) is 0 Å². The Bertz CT molecular complexity index is 572. The van der Waals surface area contributed by atoms with Gasteiger partial charge in [-0.25, -0.2) is 9.97 Å². The maximum atomic E-state index is 4.43. The number of nitrogens with zero attached hydrogens (tertiary/aromatic N) is 5. The molecule has 2 aromatic heterocycles. The number of likely N-dealkylation sites (N-methyl/N-ethyl adjacent to an activating group) is 1. The molecule has 0 amide bonds. The van der Waals surface area contributed by atoms with Crippen LogP contribution in [0.25, 0.3) is 11.0 Å². The van der Waals surface area contributed by atoms with Crippen molar-refractivity contribution in [3.8, 4) is 0 Å². The van der Waals surface area contributed by atoms with E-state index in [9.17, 15) is 0 Å². The summed E-state index contributed by atoms with van der Waals surface area (Å²) in [6, 6.07) is 2.04. The molecule has 0 bridgehead atoms. The zero-order chi connectivity index (χ0) is 14.7. The molecular weight excluding hydrogens is 264 g/mol. The highest BCUT2D eigenvalue weighted by atomic mass is 15.2. The van der Waals surface area contributed by atoms with Gasteiger partial charge in [0.05, 0.1) is 5.39 Å². The molecule has 1 aliphatic rings. The van der Waals surface area contributed by atoms with Gasteiger partial charge in [-0.2, -0.15) is 0 Å². The lowest BCUT2D eigenvalue weighted by Gasteiger charge is -2.32. The van der Waals surface area contributed by atoms with E-state index >= 15 is 0 Å². The number of anilines is 1. The summed E-state index contributed by atoms with van der Waals surface area (Å²) < 4.78 is 0. The third kappa shape index (κ3) is 3.33. The highest BCUT2D eigenvalue weighted by Gasteiger charge is 2.14. The number of nitrogens with one attached hydrogen (secondary N) is 1. The number of aromatic amines is 1. The number of hydrogen-bond donors (Lipinski definition) is 1. The zero-order valence-corrected chi connectivity index (χ0v) is 12.9. The molecule has 2 aromatic rings. The van der Waals surface area contributed by atoms with Gasteiger partial charge in [0.25, 0.3) is 0 Å². The van der Waals surface area contributed by atoms with Gasteiger partial charge in [0.15, 0.2) is 0 Å². The Kier molecular flexibility index (Phi) is 4.36. The summed E-state index contributed by atoms with van der Waals surface area (Å²) in [4.78, 5) is 19.0. The molecule has 21 heavy (non-hydrogen) atoms. The summed E-state index contributed by atoms with van der Waals surface area (Å²) >= 11 is 0. The summed E-state index contributed by atoms with van der Waals surface area (Å²) in [5.41, 5.74) is 0.908. The molecule has 114 valence electrons. The molecule has 1 aliphatic heterocycles. The number of hydrogen-bond acceptors (Lipinski definition) is 5. The Balaban J connectivity index is 1.52. The molecule has 6 heteroatoms. The van der Waals surface area contributed by atoms with Crippen LogP contribution >= 0.6 is 0 Å². The van der Waals surface area contributed by atoms with E-state index in [-0.39, 0.29) is 0 Å². The van der Waals surface area contributed by atoms with E-state index in [0.717, 1.165) is 29.8 Å². The van der Waals surface area contributed by atoms with Crippen LogP contribution in [0.5, 0.6) is 0 Å². The summed E-state index contributed by atoms with van der Waals surface area (Å²) in [6.45, 7) is 6.94. The largest absolute Gasteiger partial charge is 0.359 e. The van der Waals surface area contributed by atoms with Crippen LogP contribution in [0.2, 0.25) is 0 Å². The standard InChI is InChI=1S/C15H24N6/c1-19-8-10-21(11-9-19)7-3-6-20(2)15-13-4-5-16-14(13)17-12-18-15/h4-5,12H,3,6-11H2,1-2H3,(H,16,17,18). The molecule has 1 saturated heterocycles. The molecule has 0 radical (unpaired) electrons. The van der Waals surface area contributed by atoms with Gasteiger partial charge in [0, 0.05) is 46.0 Å². The van der Waals surface area contributed by atoms with E-state index in [4.69, 9.17) is 0 Å². The molecule has 1 N–H and O–H groups in total. The van der Waals surface area contributed by atoms with Gasteiger partial charge in [-0.15, -0.1) is 0 Å². The Hall–Kier alpha value is -1.66. The van der Waals surface area contributed by atoms with Gasteiger partial charge >= 0.3 is 0 Å². The molecule has 0 unspecified atom stereocenters. The first-order chi connectivity index (χ1) is 10.2. The maximum Gasteiger partial charge on any atom is 0.142 e. The van der Waals surface area contributed by atoms with Crippen LogP contribution in [-0.2, 0) is 0 Å². The van der Waals surface area contributed by atoms with Crippen LogP contribution < -0.4 is 4.90 Å². The number of piperazine rings is 1. The van der Waals surface area contributed by atoms with Crippen molar-refractivity contribution in [2.75, 3.05) is 58.3 Å². The quantitative estimate of drug-likeness (QED) is 0.890. The smallest absolute Gasteiger partial charge is 0.142 e. The van der Waals surface area contributed by atoms with Crippen molar-refractivity contribution in [1.29, 1.82) is 0 Å². The van der Waals surface area contributed by atoms with Crippen LogP contribution in [0.3, 0.4) is 0 Å². The number of fused-ring (bicyclic) bond motifs is 1. The predicted molar refractivity (Wildman–Crippen MR) is 85.7 cm³/mol. The summed E-state index contributed by atoms with van der Waals surface area (Å²) in [7, 11) is 4.31. The number of aromatic nitrogens is 3. The minimum absolute atomic E-state index is 0.908. The van der Waals surface area contributed by atoms with E-state index in [0.29, 0.717) is 0 Å². The first kappa shape index (κ1) is 14.3. The monoisotopic (exact) mass is 288 g/mol. The van der Waals surface area contributed by atoms with Gasteiger partial charge in [0.2, 0.25) is 0 Å². The van der Waals surface area contributed by atoms with Crippen molar-refractivity contribution < 1.29 is 0 Å². The highest BCUT2D eigenvalue weighted by molar-refractivity contribution is 5.87. The summed E-state index contributed by atoms with van der Waals surface area (Å²) in [5, 5.41) is 1.10. The fourth-order valence-electron chi connectivity index (χ4n) is 2.87. The van der Waals surface area contributed by atoms with E-state index in [1.165, 1.54) is 32.7 Å². The minimum Gasteiger partial charge on any atom is -0.359 e. The average Bonchev–Trinajstić information content (AvgIpc) is 2.97. The van der Waals surface area contributed by atoms with Crippen LogP contribution in [0.1, 0.15) is 6.42 Å². The van der Waals surface area contributed by atoms with Crippen molar-refractivity contribution in [1.82, 2.24) is 24.8 Å². The van der Waals surface area contributed by atoms with Crippen molar-refractivity contribution in [3.63, 3.8) is 0 Å². The fourth-order valence-corrected chi connectivity index (χ4v) is 2.87. The summed E-state index contributed by atoms with van der Waals surface area (Å²) in [5.74, 6) is 1.01. The molecule has 3 heterocycles. The molecule has 0 saturated carbocycles. The second kappa shape index (κ2) is 6.41. The third-order valence-corrected chi connectivity index (χ3v) is 4.26. The van der Waals surface area contributed by atoms with Crippen molar-refractivity contribution >= 4 is 16.9 Å². The topological polar surface area (TPSA) is 51.3 Å². The Morgan fingerprint density at radius 1 is 1.24 bits per heavy atom. The SMILES string of the molecule is CN1CCN(CCCN(C)c2ncnc3[nH]ccc23)CC1. The minimum atomic E-state index is 0.908. The van der Waals surface area contributed by atoms with Gasteiger partial charge < -0.3 is 19.7 Å². The van der Waals surface area contributed by atoms with Crippen LogP contribution in [-0.4, -0.2) is 78.1 Å². The van der Waals surface area contributed by atoms with E-state index in [1.54, 1.807) is 6.33 Å². The molecule has 0 aromatic carbocycles. The Labute approximate surface area is 125 Å². The number of rotatable bonds is 5. The second-order valence-electron chi connectivity index (χ2n) is 5.86. The van der Waals surface area contributed by atoms with Crippen LogP contribution in [0.15, 0.2) is 18.6 Å². The van der Waals surface area contributed by atoms with Crippen LogP contribution in [0, 0.1) is 0 Å². The summed E-state index contributed by atoms with van der Waals surface area (Å²) in [6.07, 6.45) is 4.71. The lowest BCUT2D eigenvalue weighted by atomic mass is 10.3. The van der Waals surface area contributed by atoms with Gasteiger partial charge in [-0.3, -0.25) is 0 Å². The van der Waals surface area contributed by atoms with E-state index in [2.05, 4.69) is 43.7 Å². The van der Waals surface area contributed by atoms with E-state index in [1.807, 2.05) is 12.3 Å². The molecular formula is C15H24N6. The fraction of sp³-hybridized carbons (Fsp3) is 0.600. The van der Waals surface area contributed by atoms with Crippen molar-refractivity contribution in [3.05, 3.63) is 18.6 Å². The third-order valence-electron chi connectivity index (χ3n) is 4.26. The second-order valence-corrected chi connectivity index (χ2v) is 5.86.